The molecule has 2 aromatic carbocycles. The fraction of sp³-hybridized carbons (Fsp3) is 0.350. The van der Waals surface area contributed by atoms with E-state index < -0.39 is 0 Å². The standard InChI is InChI=1S/C20H27N3O3/c1-23(2)17-6-4-16(5-7-17)21-13-12-20(24)22-14-15-26-19-10-8-18(25-3)9-11-19/h4-11,21H,12-15H2,1-3H3,(H,22,24). The molecule has 140 valence electrons. The monoisotopic (exact) mass is 357 g/mol. The first-order chi connectivity index (χ1) is 12.6. The minimum Gasteiger partial charge on any atom is -0.497 e. The van der Waals surface area contributed by atoms with Gasteiger partial charge < -0.3 is 25.0 Å². The van der Waals surface area contributed by atoms with Gasteiger partial charge in [0.15, 0.2) is 0 Å². The summed E-state index contributed by atoms with van der Waals surface area (Å²) >= 11 is 0. The van der Waals surface area contributed by atoms with Gasteiger partial charge in [0.2, 0.25) is 5.91 Å². The molecule has 0 spiro atoms. The zero-order valence-corrected chi connectivity index (χ0v) is 15.6. The number of hydrogen-bond donors (Lipinski definition) is 2. The van der Waals surface area contributed by atoms with Crippen LogP contribution in [0, 0.1) is 0 Å². The molecule has 26 heavy (non-hydrogen) atoms. The van der Waals surface area contributed by atoms with E-state index >= 15 is 0 Å². The number of rotatable bonds is 10. The van der Waals surface area contributed by atoms with Gasteiger partial charge >= 0.3 is 0 Å². The Kier molecular flexibility index (Phi) is 7.61. The summed E-state index contributed by atoms with van der Waals surface area (Å²) in [6.07, 6.45) is 0.415. The lowest BCUT2D eigenvalue weighted by Crippen LogP contribution is -2.29. The highest BCUT2D eigenvalue weighted by Gasteiger charge is 2.02. The van der Waals surface area contributed by atoms with Crippen LogP contribution in [-0.4, -0.2) is 46.8 Å². The number of amides is 1. The minimum atomic E-state index is 0.000688. The normalized spacial score (nSPS) is 10.1. The average Bonchev–Trinajstić information content (AvgIpc) is 2.66. The molecule has 0 aliphatic rings. The summed E-state index contributed by atoms with van der Waals surface area (Å²) < 4.78 is 10.7. The Morgan fingerprint density at radius 1 is 0.962 bits per heavy atom. The summed E-state index contributed by atoms with van der Waals surface area (Å²) in [7, 11) is 5.63. The van der Waals surface area contributed by atoms with Crippen molar-refractivity contribution >= 4 is 17.3 Å². The van der Waals surface area contributed by atoms with Crippen LogP contribution in [0.4, 0.5) is 11.4 Å². The van der Waals surface area contributed by atoms with Gasteiger partial charge in [-0.1, -0.05) is 0 Å². The molecule has 0 saturated carbocycles. The molecule has 0 aromatic heterocycles. The molecular weight excluding hydrogens is 330 g/mol. The number of methoxy groups -OCH3 is 1. The maximum atomic E-state index is 11.8. The fourth-order valence-corrected chi connectivity index (χ4v) is 2.32. The molecule has 0 saturated heterocycles. The number of anilines is 2. The Balaban J connectivity index is 1.58. The predicted octanol–water partition coefficient (Wildman–Crippen LogP) is 2.76. The van der Waals surface area contributed by atoms with Crippen LogP contribution in [0.15, 0.2) is 48.5 Å². The Morgan fingerprint density at radius 3 is 2.23 bits per heavy atom. The van der Waals surface area contributed by atoms with Gasteiger partial charge in [0.25, 0.3) is 0 Å². The highest BCUT2D eigenvalue weighted by atomic mass is 16.5. The van der Waals surface area contributed by atoms with Crippen molar-refractivity contribution in [3.8, 4) is 11.5 Å². The van der Waals surface area contributed by atoms with Crippen LogP contribution in [0.25, 0.3) is 0 Å². The minimum absolute atomic E-state index is 0.000688. The lowest BCUT2D eigenvalue weighted by Gasteiger charge is -2.13. The number of nitrogens with one attached hydrogen (secondary N) is 2. The summed E-state index contributed by atoms with van der Waals surface area (Å²) in [5.41, 5.74) is 2.15. The van der Waals surface area contributed by atoms with E-state index in [2.05, 4.69) is 10.6 Å². The molecule has 6 nitrogen and oxygen atoms in total. The molecule has 0 aliphatic carbocycles. The van der Waals surface area contributed by atoms with Crippen LogP contribution in [0.2, 0.25) is 0 Å². The third kappa shape index (κ3) is 6.55. The van der Waals surface area contributed by atoms with E-state index in [1.165, 1.54) is 0 Å². The lowest BCUT2D eigenvalue weighted by molar-refractivity contribution is -0.120. The highest BCUT2D eigenvalue weighted by molar-refractivity contribution is 5.76. The molecular formula is C20H27N3O3. The Labute approximate surface area is 155 Å². The maximum absolute atomic E-state index is 11.8. The molecule has 0 radical (unpaired) electrons. The molecule has 2 aromatic rings. The molecule has 6 heteroatoms. The van der Waals surface area contributed by atoms with Crippen molar-refractivity contribution in [2.75, 3.05) is 51.1 Å². The van der Waals surface area contributed by atoms with Gasteiger partial charge in [-0.2, -0.15) is 0 Å². The Bertz CT molecular complexity index is 670. The fourth-order valence-electron chi connectivity index (χ4n) is 2.32. The van der Waals surface area contributed by atoms with E-state index in [1.807, 2.05) is 67.5 Å². The van der Waals surface area contributed by atoms with E-state index in [4.69, 9.17) is 9.47 Å². The first-order valence-corrected chi connectivity index (χ1v) is 8.63. The van der Waals surface area contributed by atoms with E-state index in [1.54, 1.807) is 7.11 Å². The van der Waals surface area contributed by atoms with Crippen LogP contribution in [0.3, 0.4) is 0 Å². The quantitative estimate of drug-likeness (QED) is 0.640. The second-order valence-corrected chi connectivity index (χ2v) is 5.99. The molecule has 0 aliphatic heterocycles. The van der Waals surface area contributed by atoms with Crippen molar-refractivity contribution in [3.05, 3.63) is 48.5 Å². The number of carbonyl (C=O) groups is 1. The van der Waals surface area contributed by atoms with Crippen molar-refractivity contribution in [3.63, 3.8) is 0 Å². The zero-order chi connectivity index (χ0) is 18.8. The summed E-state index contributed by atoms with van der Waals surface area (Å²) in [4.78, 5) is 13.9. The zero-order valence-electron chi connectivity index (χ0n) is 15.6. The SMILES string of the molecule is COc1ccc(OCCNC(=O)CCNc2ccc(N(C)C)cc2)cc1. The van der Waals surface area contributed by atoms with Crippen molar-refractivity contribution in [1.82, 2.24) is 5.32 Å². The van der Waals surface area contributed by atoms with Gasteiger partial charge in [0, 0.05) is 38.4 Å². The third-order valence-electron chi connectivity index (χ3n) is 3.82. The Hall–Kier alpha value is -2.89. The summed E-state index contributed by atoms with van der Waals surface area (Å²) in [6.45, 7) is 1.49. The van der Waals surface area contributed by atoms with Crippen molar-refractivity contribution < 1.29 is 14.3 Å². The van der Waals surface area contributed by atoms with Crippen molar-refractivity contribution in [1.29, 1.82) is 0 Å². The molecule has 2 rings (SSSR count). The van der Waals surface area contributed by atoms with E-state index in [0.717, 1.165) is 22.9 Å². The topological polar surface area (TPSA) is 62.8 Å². The maximum Gasteiger partial charge on any atom is 0.221 e. The third-order valence-corrected chi connectivity index (χ3v) is 3.82. The van der Waals surface area contributed by atoms with E-state index in [0.29, 0.717) is 26.1 Å². The van der Waals surface area contributed by atoms with Crippen LogP contribution in [-0.2, 0) is 4.79 Å². The molecule has 2 N–H and O–H groups in total. The van der Waals surface area contributed by atoms with E-state index in [-0.39, 0.29) is 5.91 Å². The average molecular weight is 357 g/mol. The van der Waals surface area contributed by atoms with Gasteiger partial charge in [0.1, 0.15) is 18.1 Å². The van der Waals surface area contributed by atoms with Gasteiger partial charge in [-0.05, 0) is 48.5 Å². The van der Waals surface area contributed by atoms with Gasteiger partial charge in [-0.25, -0.2) is 0 Å². The largest absolute Gasteiger partial charge is 0.497 e. The van der Waals surface area contributed by atoms with E-state index in [9.17, 15) is 4.79 Å². The summed E-state index contributed by atoms with van der Waals surface area (Å²) in [6, 6.07) is 15.5. The second kappa shape index (κ2) is 10.2. The first-order valence-electron chi connectivity index (χ1n) is 8.63. The smallest absolute Gasteiger partial charge is 0.221 e. The number of nitrogens with zero attached hydrogens (tertiary/aromatic N) is 1. The molecule has 1 amide bonds. The van der Waals surface area contributed by atoms with Crippen molar-refractivity contribution in [2.24, 2.45) is 0 Å². The number of hydrogen-bond acceptors (Lipinski definition) is 5. The number of carbonyl (C=O) groups excluding carboxylic acids is 1. The summed E-state index contributed by atoms with van der Waals surface area (Å²) in [5, 5.41) is 6.10. The molecule has 0 bridgehead atoms. The molecule has 0 unspecified atom stereocenters. The van der Waals surface area contributed by atoms with Crippen LogP contribution in [0.1, 0.15) is 6.42 Å². The van der Waals surface area contributed by atoms with Crippen LogP contribution < -0.4 is 25.0 Å². The molecule has 0 heterocycles. The number of benzene rings is 2. The first kappa shape index (κ1) is 19.4. The van der Waals surface area contributed by atoms with Crippen LogP contribution >= 0.6 is 0 Å². The highest BCUT2D eigenvalue weighted by Crippen LogP contribution is 2.17. The Morgan fingerprint density at radius 2 is 1.62 bits per heavy atom. The van der Waals surface area contributed by atoms with Gasteiger partial charge in [-0.15, -0.1) is 0 Å². The second-order valence-electron chi connectivity index (χ2n) is 5.99. The molecule has 0 atom stereocenters. The van der Waals surface area contributed by atoms with Crippen LogP contribution in [0.5, 0.6) is 11.5 Å². The molecule has 0 fully saturated rings. The lowest BCUT2D eigenvalue weighted by atomic mass is 10.2. The van der Waals surface area contributed by atoms with Gasteiger partial charge in [0.05, 0.1) is 13.7 Å². The number of ether oxygens (including phenoxy) is 2. The van der Waals surface area contributed by atoms with Gasteiger partial charge in [-0.3, -0.25) is 4.79 Å². The predicted molar refractivity (Wildman–Crippen MR) is 105 cm³/mol. The van der Waals surface area contributed by atoms with Crippen molar-refractivity contribution in [2.45, 2.75) is 6.42 Å². The summed E-state index contributed by atoms with van der Waals surface area (Å²) in [5.74, 6) is 1.54.